The Hall–Kier alpha value is -1.02. The van der Waals surface area contributed by atoms with Gasteiger partial charge in [-0.05, 0) is 31.6 Å². The van der Waals surface area contributed by atoms with Gasteiger partial charge >= 0.3 is 0 Å². The van der Waals surface area contributed by atoms with Crippen molar-refractivity contribution in [3.8, 4) is 0 Å². The Balaban J connectivity index is 2.72. The van der Waals surface area contributed by atoms with Gasteiger partial charge in [0.05, 0.1) is 5.76 Å². The second-order valence-electron chi connectivity index (χ2n) is 6.18. The van der Waals surface area contributed by atoms with Gasteiger partial charge in [-0.2, -0.15) is 0 Å². The van der Waals surface area contributed by atoms with Gasteiger partial charge in [-0.25, -0.2) is 0 Å². The van der Waals surface area contributed by atoms with E-state index in [0.717, 1.165) is 12.2 Å². The molecule has 0 fully saturated rings. The molecule has 1 nitrogen and oxygen atoms in total. The average Bonchev–Trinajstić information content (AvgIpc) is 2.15. The summed E-state index contributed by atoms with van der Waals surface area (Å²) in [5.41, 5.74) is 1.32. The smallest absolute Gasteiger partial charge is 0.241 e. The summed E-state index contributed by atoms with van der Waals surface area (Å²) in [6.45, 7) is 15.1. The molecular formula is C15H24OSi. The van der Waals surface area contributed by atoms with E-state index in [4.69, 9.17) is 4.43 Å². The van der Waals surface area contributed by atoms with Crippen LogP contribution in [0.25, 0.3) is 0 Å². The molecule has 2 heteroatoms. The molecule has 17 heavy (non-hydrogen) atoms. The minimum atomic E-state index is -1.55. The van der Waals surface area contributed by atoms with Crippen molar-refractivity contribution in [2.75, 3.05) is 0 Å². The second kappa shape index (κ2) is 5.09. The van der Waals surface area contributed by atoms with Crippen molar-refractivity contribution in [2.24, 2.45) is 5.41 Å². The first-order chi connectivity index (χ1) is 7.71. The third-order valence-corrected chi connectivity index (χ3v) is 3.53. The number of allylic oxidation sites excluding steroid dienone is 1. The molecule has 0 radical (unpaired) electrons. The molecular weight excluding hydrogens is 224 g/mol. The third kappa shape index (κ3) is 4.78. The van der Waals surface area contributed by atoms with E-state index in [1.807, 2.05) is 6.07 Å². The van der Waals surface area contributed by atoms with Gasteiger partial charge in [0.15, 0.2) is 0 Å². The lowest BCUT2D eigenvalue weighted by atomic mass is 9.84. The molecule has 0 saturated carbocycles. The van der Waals surface area contributed by atoms with Crippen LogP contribution in [0.1, 0.15) is 19.4 Å². The summed E-state index contributed by atoms with van der Waals surface area (Å²) in [6, 6.07) is 10.5. The highest BCUT2D eigenvalue weighted by Crippen LogP contribution is 2.32. The van der Waals surface area contributed by atoms with Crippen molar-refractivity contribution < 1.29 is 4.43 Å². The Morgan fingerprint density at radius 2 is 1.71 bits per heavy atom. The van der Waals surface area contributed by atoms with Crippen LogP contribution in [0.3, 0.4) is 0 Å². The fraction of sp³-hybridized carbons (Fsp3) is 0.467. The van der Waals surface area contributed by atoms with Gasteiger partial charge in [0.1, 0.15) is 0 Å². The van der Waals surface area contributed by atoms with Crippen LogP contribution in [-0.4, -0.2) is 8.32 Å². The largest absolute Gasteiger partial charge is 0.547 e. The summed E-state index contributed by atoms with van der Waals surface area (Å²) in [5.74, 6) is 0.917. The highest BCUT2D eigenvalue weighted by molar-refractivity contribution is 6.70. The van der Waals surface area contributed by atoms with Crippen LogP contribution in [0.5, 0.6) is 0 Å². The van der Waals surface area contributed by atoms with Crippen LogP contribution >= 0.6 is 0 Å². The summed E-state index contributed by atoms with van der Waals surface area (Å²) in [6.07, 6.45) is 0.969. The summed E-state index contributed by atoms with van der Waals surface area (Å²) in [7, 11) is -1.55. The summed E-state index contributed by atoms with van der Waals surface area (Å²) in [4.78, 5) is 0. The number of hydrogen-bond donors (Lipinski definition) is 0. The fourth-order valence-corrected chi connectivity index (χ4v) is 2.73. The number of benzene rings is 1. The Bertz CT molecular complexity index is 374. The van der Waals surface area contributed by atoms with E-state index in [-0.39, 0.29) is 5.41 Å². The van der Waals surface area contributed by atoms with Crippen LogP contribution in [0, 0.1) is 5.41 Å². The van der Waals surface area contributed by atoms with Crippen molar-refractivity contribution in [2.45, 2.75) is 39.9 Å². The number of rotatable bonds is 5. The van der Waals surface area contributed by atoms with Crippen molar-refractivity contribution in [1.82, 2.24) is 0 Å². The van der Waals surface area contributed by atoms with E-state index < -0.39 is 8.32 Å². The molecule has 0 saturated heterocycles. The van der Waals surface area contributed by atoms with Crippen LogP contribution in [0.2, 0.25) is 19.6 Å². The SMILES string of the molecule is C=C(O[Si](C)(C)C)C(C)(C)Cc1ccccc1. The molecule has 0 N–H and O–H groups in total. The van der Waals surface area contributed by atoms with Crippen LogP contribution < -0.4 is 0 Å². The maximum Gasteiger partial charge on any atom is 0.241 e. The topological polar surface area (TPSA) is 9.23 Å². The maximum absolute atomic E-state index is 6.02. The molecule has 1 aromatic carbocycles. The predicted octanol–water partition coefficient (Wildman–Crippen LogP) is 4.62. The zero-order chi connectivity index (χ0) is 13.1. The monoisotopic (exact) mass is 248 g/mol. The molecule has 0 aliphatic heterocycles. The Morgan fingerprint density at radius 1 is 1.18 bits per heavy atom. The van der Waals surface area contributed by atoms with E-state index in [1.165, 1.54) is 5.56 Å². The molecule has 0 aliphatic carbocycles. The molecule has 0 bridgehead atoms. The van der Waals surface area contributed by atoms with Crippen molar-refractivity contribution in [1.29, 1.82) is 0 Å². The molecule has 0 spiro atoms. The second-order valence-corrected chi connectivity index (χ2v) is 10.6. The Labute approximate surface area is 107 Å². The summed E-state index contributed by atoms with van der Waals surface area (Å²) < 4.78 is 6.02. The number of hydrogen-bond acceptors (Lipinski definition) is 1. The maximum atomic E-state index is 6.02. The Kier molecular flexibility index (Phi) is 4.20. The van der Waals surface area contributed by atoms with Crippen molar-refractivity contribution in [3.63, 3.8) is 0 Å². The standard InChI is InChI=1S/C15H24OSi/c1-13(16-17(4,5)6)15(2,3)12-14-10-8-7-9-11-14/h7-11H,1,12H2,2-6H3. The molecule has 0 aliphatic rings. The zero-order valence-corrected chi connectivity index (χ0v) is 12.7. The van der Waals surface area contributed by atoms with Gasteiger partial charge in [-0.1, -0.05) is 50.8 Å². The first-order valence-electron chi connectivity index (χ1n) is 6.13. The summed E-state index contributed by atoms with van der Waals surface area (Å²) >= 11 is 0. The van der Waals surface area contributed by atoms with E-state index in [0.29, 0.717) is 0 Å². The molecule has 0 unspecified atom stereocenters. The minimum absolute atomic E-state index is 0.0123. The minimum Gasteiger partial charge on any atom is -0.547 e. The van der Waals surface area contributed by atoms with Crippen LogP contribution in [0.15, 0.2) is 42.7 Å². The van der Waals surface area contributed by atoms with Gasteiger partial charge in [0, 0.05) is 5.41 Å². The van der Waals surface area contributed by atoms with Gasteiger partial charge in [-0.15, -0.1) is 0 Å². The quantitative estimate of drug-likeness (QED) is 0.546. The van der Waals surface area contributed by atoms with Crippen LogP contribution in [0.4, 0.5) is 0 Å². The highest BCUT2D eigenvalue weighted by Gasteiger charge is 2.28. The summed E-state index contributed by atoms with van der Waals surface area (Å²) in [5, 5.41) is 0. The first-order valence-corrected chi connectivity index (χ1v) is 9.54. The lowest BCUT2D eigenvalue weighted by molar-refractivity contribution is 0.270. The van der Waals surface area contributed by atoms with E-state index >= 15 is 0 Å². The highest BCUT2D eigenvalue weighted by atomic mass is 28.4. The molecule has 0 amide bonds. The molecule has 0 heterocycles. The van der Waals surface area contributed by atoms with Crippen molar-refractivity contribution in [3.05, 3.63) is 48.2 Å². The van der Waals surface area contributed by atoms with Gasteiger partial charge in [0.25, 0.3) is 0 Å². The Morgan fingerprint density at radius 3 is 2.18 bits per heavy atom. The molecule has 0 aromatic heterocycles. The normalized spacial score (nSPS) is 12.3. The van der Waals surface area contributed by atoms with E-state index in [1.54, 1.807) is 0 Å². The first kappa shape index (κ1) is 14.0. The third-order valence-electron chi connectivity index (χ3n) is 2.67. The van der Waals surface area contributed by atoms with Gasteiger partial charge < -0.3 is 4.43 Å². The fourth-order valence-electron chi connectivity index (χ4n) is 1.71. The molecule has 94 valence electrons. The predicted molar refractivity (Wildman–Crippen MR) is 77.5 cm³/mol. The van der Waals surface area contributed by atoms with Gasteiger partial charge in [-0.3, -0.25) is 0 Å². The lowest BCUT2D eigenvalue weighted by Crippen LogP contribution is -2.30. The molecule has 0 atom stereocenters. The molecule has 1 aromatic rings. The van der Waals surface area contributed by atoms with E-state index in [9.17, 15) is 0 Å². The zero-order valence-electron chi connectivity index (χ0n) is 11.7. The average molecular weight is 248 g/mol. The van der Waals surface area contributed by atoms with E-state index in [2.05, 4.69) is 64.3 Å². The van der Waals surface area contributed by atoms with Gasteiger partial charge in [0.2, 0.25) is 8.32 Å². The molecule has 1 rings (SSSR count). The van der Waals surface area contributed by atoms with Crippen molar-refractivity contribution >= 4 is 8.32 Å². The lowest BCUT2D eigenvalue weighted by Gasteiger charge is -2.32. The van der Waals surface area contributed by atoms with Crippen LogP contribution in [-0.2, 0) is 10.8 Å².